The molecule has 0 N–H and O–H groups in total. The Morgan fingerprint density at radius 2 is 2.00 bits per heavy atom. The van der Waals surface area contributed by atoms with E-state index in [-0.39, 0.29) is 0 Å². The molecule has 1 saturated carbocycles. The van der Waals surface area contributed by atoms with Crippen LogP contribution in [-0.4, -0.2) is 0 Å². The van der Waals surface area contributed by atoms with Gasteiger partial charge in [0, 0.05) is 12.8 Å². The molecule has 13 heavy (non-hydrogen) atoms. The van der Waals surface area contributed by atoms with Crippen molar-refractivity contribution in [3.05, 3.63) is 12.2 Å². The number of allylic oxidation sites excluding steroid dienone is 1. The maximum atomic E-state index is 4.27. The van der Waals surface area contributed by atoms with Crippen molar-refractivity contribution < 1.29 is 0 Å². The Balaban J connectivity index is 2.31. The number of hydrogen-bond donors (Lipinski definition) is 0. The second-order valence-corrected chi connectivity index (χ2v) is 5.11. The van der Waals surface area contributed by atoms with Crippen LogP contribution in [0.5, 0.6) is 0 Å². The summed E-state index contributed by atoms with van der Waals surface area (Å²) in [6.07, 6.45) is 4.75. The zero-order valence-electron chi connectivity index (χ0n) is 8.69. The molecule has 2 unspecified atom stereocenters. The van der Waals surface area contributed by atoms with Crippen LogP contribution in [0.15, 0.2) is 12.2 Å². The van der Waals surface area contributed by atoms with Gasteiger partial charge >= 0.3 is 0 Å². The van der Waals surface area contributed by atoms with E-state index in [1.165, 1.54) is 18.4 Å². The quantitative estimate of drug-likeness (QED) is 0.390. The van der Waals surface area contributed by atoms with Gasteiger partial charge in [-0.15, -0.1) is 11.8 Å². The first-order valence-corrected chi connectivity index (χ1v) is 5.25. The lowest BCUT2D eigenvalue weighted by molar-refractivity contribution is 0.167. The van der Waals surface area contributed by atoms with Crippen LogP contribution in [0, 0.1) is 29.1 Å². The normalized spacial score (nSPS) is 36.0. The van der Waals surface area contributed by atoms with Crippen molar-refractivity contribution in [2.45, 2.75) is 39.5 Å². The van der Waals surface area contributed by atoms with Gasteiger partial charge in [-0.1, -0.05) is 26.0 Å². The van der Waals surface area contributed by atoms with Crippen molar-refractivity contribution in [3.63, 3.8) is 0 Å². The van der Waals surface area contributed by atoms with Crippen molar-refractivity contribution in [1.29, 1.82) is 0 Å². The molecule has 0 nitrogen and oxygen atoms in total. The standard InChI is InChI=1S/C13H18/c1-10-11-6-4-5-7-12(10)13(2,3)9-8-11/h11-12H,1,6-9H2,2-3H3. The molecular weight excluding hydrogens is 156 g/mol. The van der Waals surface area contributed by atoms with E-state index in [4.69, 9.17) is 0 Å². The summed E-state index contributed by atoms with van der Waals surface area (Å²) < 4.78 is 0. The van der Waals surface area contributed by atoms with Crippen LogP contribution in [0.25, 0.3) is 0 Å². The summed E-state index contributed by atoms with van der Waals surface area (Å²) in [6.45, 7) is 9.01. The van der Waals surface area contributed by atoms with Crippen molar-refractivity contribution in [2.24, 2.45) is 17.3 Å². The molecule has 0 heteroatoms. The molecular formula is C13H18. The fourth-order valence-electron chi connectivity index (χ4n) is 2.70. The third-order valence-electron chi connectivity index (χ3n) is 3.83. The molecule has 0 aromatic heterocycles. The summed E-state index contributed by atoms with van der Waals surface area (Å²) in [7, 11) is 0. The number of fused-ring (bicyclic) bond motifs is 2. The lowest BCUT2D eigenvalue weighted by Crippen LogP contribution is -2.32. The van der Waals surface area contributed by atoms with Crippen LogP contribution in [0.1, 0.15) is 39.5 Å². The summed E-state index contributed by atoms with van der Waals surface area (Å²) in [5, 5.41) is 0. The largest absolute Gasteiger partial charge is 0.103 e. The zero-order valence-corrected chi connectivity index (χ0v) is 8.69. The highest BCUT2D eigenvalue weighted by atomic mass is 14.4. The smallest absolute Gasteiger partial charge is 0.0159 e. The molecule has 0 spiro atoms. The van der Waals surface area contributed by atoms with E-state index < -0.39 is 0 Å². The topological polar surface area (TPSA) is 0 Å². The van der Waals surface area contributed by atoms with Gasteiger partial charge in [-0.05, 0) is 30.1 Å². The molecule has 0 saturated heterocycles. The SMILES string of the molecule is C=C1C2CC#CCC1C(C)(C)CC2. The van der Waals surface area contributed by atoms with Crippen molar-refractivity contribution in [1.82, 2.24) is 0 Å². The van der Waals surface area contributed by atoms with Gasteiger partial charge in [0.1, 0.15) is 0 Å². The van der Waals surface area contributed by atoms with Gasteiger partial charge in [-0.25, -0.2) is 0 Å². The molecule has 0 aromatic rings. The van der Waals surface area contributed by atoms with Gasteiger partial charge in [0.05, 0.1) is 0 Å². The van der Waals surface area contributed by atoms with Gasteiger partial charge in [0.2, 0.25) is 0 Å². The molecule has 0 aromatic carbocycles. The Kier molecular flexibility index (Phi) is 1.99. The summed E-state index contributed by atoms with van der Waals surface area (Å²) in [5.41, 5.74) is 1.90. The molecule has 2 bridgehead atoms. The zero-order chi connectivity index (χ0) is 9.47. The predicted molar refractivity (Wildman–Crippen MR) is 56.1 cm³/mol. The number of rotatable bonds is 0. The van der Waals surface area contributed by atoms with Gasteiger partial charge in [0.25, 0.3) is 0 Å². The average molecular weight is 174 g/mol. The highest BCUT2D eigenvalue weighted by Crippen LogP contribution is 2.48. The number of hydrogen-bond acceptors (Lipinski definition) is 0. The van der Waals surface area contributed by atoms with Gasteiger partial charge in [-0.2, -0.15) is 0 Å². The molecule has 0 aliphatic heterocycles. The predicted octanol–water partition coefficient (Wildman–Crippen LogP) is 3.39. The van der Waals surface area contributed by atoms with Gasteiger partial charge in [0.15, 0.2) is 0 Å². The van der Waals surface area contributed by atoms with Crippen LogP contribution in [0.3, 0.4) is 0 Å². The van der Waals surface area contributed by atoms with Crippen molar-refractivity contribution in [2.75, 3.05) is 0 Å². The van der Waals surface area contributed by atoms with Crippen molar-refractivity contribution >= 4 is 0 Å². The van der Waals surface area contributed by atoms with Crippen LogP contribution in [0.4, 0.5) is 0 Å². The fraction of sp³-hybridized carbons (Fsp3) is 0.692. The molecule has 0 amide bonds. The van der Waals surface area contributed by atoms with Crippen LogP contribution in [-0.2, 0) is 0 Å². The van der Waals surface area contributed by atoms with E-state index in [1.54, 1.807) is 0 Å². The first-order chi connectivity index (χ1) is 6.11. The summed E-state index contributed by atoms with van der Waals surface area (Å²) in [6, 6.07) is 0. The van der Waals surface area contributed by atoms with E-state index in [0.29, 0.717) is 17.3 Å². The second-order valence-electron chi connectivity index (χ2n) is 5.11. The maximum Gasteiger partial charge on any atom is 0.0159 e. The Morgan fingerprint density at radius 1 is 1.31 bits per heavy atom. The first kappa shape index (κ1) is 8.88. The molecule has 2 aliphatic carbocycles. The van der Waals surface area contributed by atoms with Crippen LogP contribution >= 0.6 is 0 Å². The van der Waals surface area contributed by atoms with E-state index in [1.807, 2.05) is 0 Å². The summed E-state index contributed by atoms with van der Waals surface area (Å²) in [5.74, 6) is 7.93. The Bertz CT molecular complexity index is 285. The maximum absolute atomic E-state index is 4.27. The minimum absolute atomic E-state index is 0.437. The molecule has 2 atom stereocenters. The average Bonchev–Trinajstić information content (AvgIpc) is 2.19. The Labute approximate surface area is 81.4 Å². The van der Waals surface area contributed by atoms with E-state index in [2.05, 4.69) is 32.3 Å². The third kappa shape index (κ3) is 1.41. The lowest BCUT2D eigenvalue weighted by Gasteiger charge is -2.42. The molecule has 2 rings (SSSR count). The van der Waals surface area contributed by atoms with Crippen LogP contribution < -0.4 is 0 Å². The minimum atomic E-state index is 0.437. The highest BCUT2D eigenvalue weighted by Gasteiger charge is 2.38. The molecule has 1 fully saturated rings. The van der Waals surface area contributed by atoms with Crippen molar-refractivity contribution in [3.8, 4) is 11.8 Å². The van der Waals surface area contributed by atoms with E-state index >= 15 is 0 Å². The van der Waals surface area contributed by atoms with E-state index in [9.17, 15) is 0 Å². The van der Waals surface area contributed by atoms with Crippen LogP contribution in [0.2, 0.25) is 0 Å². The highest BCUT2D eigenvalue weighted by molar-refractivity contribution is 5.22. The molecule has 0 radical (unpaired) electrons. The molecule has 70 valence electrons. The summed E-state index contributed by atoms with van der Waals surface area (Å²) >= 11 is 0. The molecule has 0 heterocycles. The summed E-state index contributed by atoms with van der Waals surface area (Å²) in [4.78, 5) is 0. The third-order valence-corrected chi connectivity index (χ3v) is 3.83. The Hall–Kier alpha value is -0.700. The lowest BCUT2D eigenvalue weighted by atomic mass is 9.62. The molecule has 2 aliphatic rings. The van der Waals surface area contributed by atoms with Gasteiger partial charge in [-0.3, -0.25) is 0 Å². The fourth-order valence-corrected chi connectivity index (χ4v) is 2.70. The first-order valence-electron chi connectivity index (χ1n) is 5.25. The minimum Gasteiger partial charge on any atom is -0.103 e. The van der Waals surface area contributed by atoms with E-state index in [0.717, 1.165) is 12.8 Å². The monoisotopic (exact) mass is 174 g/mol. The van der Waals surface area contributed by atoms with Gasteiger partial charge < -0.3 is 0 Å². The Morgan fingerprint density at radius 3 is 2.77 bits per heavy atom. The second kappa shape index (κ2) is 2.91.